The lowest BCUT2D eigenvalue weighted by Crippen LogP contribution is -2.48. The fourth-order valence-electron chi connectivity index (χ4n) is 5.71. The first-order valence-corrected chi connectivity index (χ1v) is 10.7. The van der Waals surface area contributed by atoms with Gasteiger partial charge in [0.05, 0.1) is 0 Å². The van der Waals surface area contributed by atoms with Gasteiger partial charge < -0.3 is 14.8 Å². The Kier molecular flexibility index (Phi) is 4.39. The van der Waals surface area contributed by atoms with E-state index in [9.17, 15) is 0 Å². The number of H-pyrrole nitrogens is 1. The molecule has 3 heterocycles. The molecule has 0 bridgehead atoms. The van der Waals surface area contributed by atoms with Crippen molar-refractivity contribution in [1.82, 2.24) is 19.9 Å². The Bertz CT molecular complexity index is 1040. The molecule has 3 atom stereocenters. The van der Waals surface area contributed by atoms with Crippen molar-refractivity contribution in [2.75, 3.05) is 32.6 Å². The SMILES string of the molecule is Cc1nc(N(C)C)nc(C)c1C[C@@H]1C[C@@H]2c3cccc4[nH]cc(c34)C[C@H]2N(C)C1. The Balaban J connectivity index is 1.46. The lowest BCUT2D eigenvalue weighted by Gasteiger charge is -2.45. The molecule has 29 heavy (non-hydrogen) atoms. The molecule has 0 saturated carbocycles. The van der Waals surface area contributed by atoms with Gasteiger partial charge in [0, 0.05) is 61.1 Å². The standard InChI is InChI=1S/C24H31N5/c1-14-19(15(2)27-24(26-14)28(3)4)9-16-10-20-18-7-6-8-21-23(18)17(12-25-21)11-22(20)29(5)13-16/h6-8,12,16,20,22,25H,9-11,13H2,1-5H3/t16-,20-,22-/m1/s1. The highest BCUT2D eigenvalue weighted by atomic mass is 15.2. The third-order valence-corrected chi connectivity index (χ3v) is 7.11. The van der Waals surface area contributed by atoms with Crippen LogP contribution in [0.4, 0.5) is 5.95 Å². The van der Waals surface area contributed by atoms with Crippen LogP contribution in [0.2, 0.25) is 0 Å². The number of nitrogens with one attached hydrogen (secondary N) is 1. The fourth-order valence-corrected chi connectivity index (χ4v) is 5.71. The zero-order valence-corrected chi connectivity index (χ0v) is 18.2. The summed E-state index contributed by atoms with van der Waals surface area (Å²) in [5, 5.41) is 1.48. The minimum absolute atomic E-state index is 0.605. The van der Waals surface area contributed by atoms with Gasteiger partial charge in [-0.15, -0.1) is 0 Å². The first-order chi connectivity index (χ1) is 13.9. The van der Waals surface area contributed by atoms with Crippen LogP contribution in [0.3, 0.4) is 0 Å². The summed E-state index contributed by atoms with van der Waals surface area (Å²) >= 11 is 0. The molecule has 1 aromatic carbocycles. The molecule has 1 aliphatic carbocycles. The highest BCUT2D eigenvalue weighted by Gasteiger charge is 2.39. The quantitative estimate of drug-likeness (QED) is 0.739. The van der Waals surface area contributed by atoms with E-state index in [1.165, 1.54) is 28.5 Å². The maximum absolute atomic E-state index is 4.75. The summed E-state index contributed by atoms with van der Waals surface area (Å²) < 4.78 is 0. The second-order valence-electron chi connectivity index (χ2n) is 9.27. The van der Waals surface area contributed by atoms with E-state index < -0.39 is 0 Å². The van der Waals surface area contributed by atoms with Crippen molar-refractivity contribution in [3.8, 4) is 0 Å². The average Bonchev–Trinajstić information content (AvgIpc) is 3.10. The topological polar surface area (TPSA) is 48.1 Å². The molecule has 2 aliphatic rings. The highest BCUT2D eigenvalue weighted by molar-refractivity contribution is 5.88. The Morgan fingerprint density at radius 3 is 2.66 bits per heavy atom. The number of aryl methyl sites for hydroxylation is 2. The summed E-state index contributed by atoms with van der Waals surface area (Å²) in [5.74, 6) is 2.04. The van der Waals surface area contributed by atoms with Crippen LogP contribution in [-0.4, -0.2) is 53.6 Å². The van der Waals surface area contributed by atoms with E-state index in [0.717, 1.165) is 36.7 Å². The van der Waals surface area contributed by atoms with Crippen LogP contribution >= 0.6 is 0 Å². The molecule has 5 rings (SSSR count). The normalized spacial score (nSPS) is 24.0. The number of nitrogens with zero attached hydrogens (tertiary/aromatic N) is 4. The number of rotatable bonds is 3. The van der Waals surface area contributed by atoms with Crippen LogP contribution in [0.5, 0.6) is 0 Å². The Morgan fingerprint density at radius 2 is 1.93 bits per heavy atom. The number of likely N-dealkylation sites (N-methyl/N-ethyl adjacent to an activating group) is 1. The van der Waals surface area contributed by atoms with E-state index in [4.69, 9.17) is 9.97 Å². The molecule has 5 heteroatoms. The molecular weight excluding hydrogens is 358 g/mol. The zero-order chi connectivity index (χ0) is 20.3. The van der Waals surface area contributed by atoms with Crippen molar-refractivity contribution < 1.29 is 0 Å². The van der Waals surface area contributed by atoms with Crippen LogP contribution in [0.25, 0.3) is 10.9 Å². The van der Waals surface area contributed by atoms with Crippen molar-refractivity contribution in [3.05, 3.63) is 52.5 Å². The number of benzene rings is 1. The van der Waals surface area contributed by atoms with E-state index in [-0.39, 0.29) is 0 Å². The lowest BCUT2D eigenvalue weighted by molar-refractivity contribution is 0.111. The second-order valence-corrected chi connectivity index (χ2v) is 9.27. The summed E-state index contributed by atoms with van der Waals surface area (Å²) in [7, 11) is 6.32. The van der Waals surface area contributed by atoms with Crippen molar-refractivity contribution >= 4 is 16.9 Å². The first kappa shape index (κ1) is 18.6. The molecule has 1 saturated heterocycles. The lowest BCUT2D eigenvalue weighted by atomic mass is 9.71. The van der Waals surface area contributed by atoms with Gasteiger partial charge in [-0.1, -0.05) is 12.1 Å². The fraction of sp³-hybridized carbons (Fsp3) is 0.500. The summed E-state index contributed by atoms with van der Waals surface area (Å²) in [4.78, 5) is 17.6. The van der Waals surface area contributed by atoms with Gasteiger partial charge in [-0.25, -0.2) is 9.97 Å². The summed E-state index contributed by atoms with van der Waals surface area (Å²) in [5.41, 5.74) is 7.92. The number of hydrogen-bond donors (Lipinski definition) is 1. The molecular formula is C24H31N5. The largest absolute Gasteiger partial charge is 0.361 e. The molecule has 1 aliphatic heterocycles. The Labute approximate surface area is 173 Å². The van der Waals surface area contributed by atoms with E-state index in [2.05, 4.69) is 55.2 Å². The number of piperidine rings is 1. The van der Waals surface area contributed by atoms with Gasteiger partial charge >= 0.3 is 0 Å². The highest BCUT2D eigenvalue weighted by Crippen LogP contribution is 2.45. The molecule has 152 valence electrons. The summed E-state index contributed by atoms with van der Waals surface area (Å²) in [6.07, 6.45) is 5.69. The van der Waals surface area contributed by atoms with Gasteiger partial charge in [0.15, 0.2) is 0 Å². The maximum atomic E-state index is 4.75. The van der Waals surface area contributed by atoms with E-state index in [0.29, 0.717) is 17.9 Å². The van der Waals surface area contributed by atoms with Crippen molar-refractivity contribution in [2.45, 2.75) is 45.1 Å². The number of anilines is 1. The van der Waals surface area contributed by atoms with Gasteiger partial charge in [-0.05, 0) is 68.8 Å². The van der Waals surface area contributed by atoms with Gasteiger partial charge in [-0.2, -0.15) is 0 Å². The molecule has 0 spiro atoms. The van der Waals surface area contributed by atoms with Gasteiger partial charge in [-0.3, -0.25) is 0 Å². The van der Waals surface area contributed by atoms with Crippen molar-refractivity contribution in [2.24, 2.45) is 5.92 Å². The third-order valence-electron chi connectivity index (χ3n) is 7.11. The minimum Gasteiger partial charge on any atom is -0.361 e. The predicted molar refractivity (Wildman–Crippen MR) is 119 cm³/mol. The smallest absolute Gasteiger partial charge is 0.225 e. The average molecular weight is 390 g/mol. The predicted octanol–water partition coefficient (Wildman–Crippen LogP) is 3.84. The molecule has 2 aromatic heterocycles. The van der Waals surface area contributed by atoms with Crippen LogP contribution in [0, 0.1) is 19.8 Å². The minimum atomic E-state index is 0.605. The number of aromatic amines is 1. The molecule has 0 radical (unpaired) electrons. The molecule has 3 aromatic rings. The van der Waals surface area contributed by atoms with Crippen molar-refractivity contribution in [3.63, 3.8) is 0 Å². The number of hydrogen-bond acceptors (Lipinski definition) is 4. The van der Waals surface area contributed by atoms with Gasteiger partial charge in [0.1, 0.15) is 0 Å². The second kappa shape index (κ2) is 6.84. The van der Waals surface area contributed by atoms with Crippen LogP contribution in [0.1, 0.15) is 40.4 Å². The number of aromatic nitrogens is 3. The van der Waals surface area contributed by atoms with E-state index in [1.807, 2.05) is 19.0 Å². The van der Waals surface area contributed by atoms with E-state index in [1.54, 1.807) is 5.56 Å². The van der Waals surface area contributed by atoms with Gasteiger partial charge in [0.2, 0.25) is 5.95 Å². The van der Waals surface area contributed by atoms with Crippen molar-refractivity contribution in [1.29, 1.82) is 0 Å². The van der Waals surface area contributed by atoms with Crippen LogP contribution < -0.4 is 4.90 Å². The molecule has 5 nitrogen and oxygen atoms in total. The molecule has 1 N–H and O–H groups in total. The molecule has 1 fully saturated rings. The summed E-state index contributed by atoms with van der Waals surface area (Å²) in [6, 6.07) is 7.39. The first-order valence-electron chi connectivity index (χ1n) is 10.7. The number of likely N-dealkylation sites (tertiary alicyclic amines) is 1. The van der Waals surface area contributed by atoms with Crippen LogP contribution in [0.15, 0.2) is 24.4 Å². The van der Waals surface area contributed by atoms with E-state index >= 15 is 0 Å². The zero-order valence-electron chi connectivity index (χ0n) is 18.2. The monoisotopic (exact) mass is 389 g/mol. The number of fused-ring (bicyclic) bond motifs is 2. The molecule has 0 unspecified atom stereocenters. The molecule has 0 amide bonds. The van der Waals surface area contributed by atoms with Gasteiger partial charge in [0.25, 0.3) is 0 Å². The van der Waals surface area contributed by atoms with Crippen LogP contribution in [-0.2, 0) is 12.8 Å². The third kappa shape index (κ3) is 3.03. The Hall–Kier alpha value is -2.40. The maximum Gasteiger partial charge on any atom is 0.225 e. The summed E-state index contributed by atoms with van der Waals surface area (Å²) in [6.45, 7) is 5.42. The Morgan fingerprint density at radius 1 is 1.17 bits per heavy atom.